The maximum atomic E-state index is 14.0. The molecule has 1 N–H and O–H groups in total. The van der Waals surface area contributed by atoms with Crippen LogP contribution in [0.5, 0.6) is 5.88 Å². The molecule has 35 heavy (non-hydrogen) atoms. The van der Waals surface area contributed by atoms with Gasteiger partial charge in [0.15, 0.2) is 0 Å². The average molecular weight is 507 g/mol. The van der Waals surface area contributed by atoms with Crippen molar-refractivity contribution in [2.75, 3.05) is 0 Å². The third-order valence-electron chi connectivity index (χ3n) is 5.16. The van der Waals surface area contributed by atoms with Crippen molar-refractivity contribution in [2.24, 2.45) is 0 Å². The smallest absolute Gasteiger partial charge is 0.421 e. The molecule has 180 valence electrons. The molecule has 6 nitrogen and oxygen atoms in total. The first-order valence-corrected chi connectivity index (χ1v) is 10.4. The third-order valence-corrected chi connectivity index (χ3v) is 5.40. The Morgan fingerprint density at radius 1 is 1.06 bits per heavy atom. The van der Waals surface area contributed by atoms with Gasteiger partial charge in [-0.3, -0.25) is 9.59 Å². The first-order valence-electron chi connectivity index (χ1n) is 10.0. The van der Waals surface area contributed by atoms with Crippen molar-refractivity contribution < 1.29 is 37.0 Å². The van der Waals surface area contributed by atoms with Gasteiger partial charge in [0.2, 0.25) is 5.88 Å². The van der Waals surface area contributed by atoms with Crippen molar-refractivity contribution >= 4 is 29.5 Å². The second kappa shape index (κ2) is 9.47. The molecule has 0 saturated heterocycles. The lowest BCUT2D eigenvalue weighted by atomic mass is 10.1. The third kappa shape index (κ3) is 4.89. The standard InChI is InChI=1S/C24H15ClF4N2O4/c25-15-6-5-14(19(26)10-15)12-35-21-18(24(27,28)29)9-13(20(11-32)30-21)7-8-31-22(33)16-3-1-2-4-17(16)23(31)34/h1-10,32H,11-12H2/b8-7+. The molecule has 11 heteroatoms. The van der Waals surface area contributed by atoms with E-state index in [2.05, 4.69) is 4.98 Å². The van der Waals surface area contributed by atoms with Crippen LogP contribution in [-0.2, 0) is 19.4 Å². The highest BCUT2D eigenvalue weighted by Crippen LogP contribution is 2.37. The van der Waals surface area contributed by atoms with Crippen LogP contribution in [0.3, 0.4) is 0 Å². The largest absolute Gasteiger partial charge is 0.472 e. The Morgan fingerprint density at radius 3 is 2.29 bits per heavy atom. The van der Waals surface area contributed by atoms with Crippen LogP contribution in [-0.4, -0.2) is 26.8 Å². The molecular weight excluding hydrogens is 492 g/mol. The molecule has 2 heterocycles. The number of halogens is 5. The van der Waals surface area contributed by atoms with E-state index in [0.717, 1.165) is 23.2 Å². The highest BCUT2D eigenvalue weighted by atomic mass is 35.5. The van der Waals surface area contributed by atoms with E-state index >= 15 is 0 Å². The summed E-state index contributed by atoms with van der Waals surface area (Å²) in [6.07, 6.45) is -2.82. The number of hydrogen-bond donors (Lipinski definition) is 1. The van der Waals surface area contributed by atoms with E-state index in [-0.39, 0.29) is 33.0 Å². The molecule has 0 unspecified atom stereocenters. The number of ether oxygens (including phenoxy) is 1. The molecule has 1 aliphatic rings. The van der Waals surface area contributed by atoms with Gasteiger partial charge in [-0.05, 0) is 36.4 Å². The monoisotopic (exact) mass is 506 g/mol. The molecule has 0 saturated carbocycles. The summed E-state index contributed by atoms with van der Waals surface area (Å²) in [6, 6.07) is 10.4. The van der Waals surface area contributed by atoms with Crippen molar-refractivity contribution in [2.45, 2.75) is 19.4 Å². The molecule has 0 fully saturated rings. The van der Waals surface area contributed by atoms with E-state index in [1.54, 1.807) is 12.1 Å². The van der Waals surface area contributed by atoms with Gasteiger partial charge in [-0.25, -0.2) is 14.3 Å². The molecule has 4 rings (SSSR count). The van der Waals surface area contributed by atoms with E-state index in [1.807, 2.05) is 0 Å². The Labute approximate surface area is 201 Å². The number of benzene rings is 2. The number of pyridine rings is 1. The van der Waals surface area contributed by atoms with Gasteiger partial charge in [-0.15, -0.1) is 0 Å². The molecule has 2 amide bonds. The Balaban J connectivity index is 1.66. The summed E-state index contributed by atoms with van der Waals surface area (Å²) >= 11 is 5.68. The van der Waals surface area contributed by atoms with E-state index < -0.39 is 48.5 Å². The Morgan fingerprint density at radius 2 is 1.71 bits per heavy atom. The zero-order valence-electron chi connectivity index (χ0n) is 17.6. The number of alkyl halides is 3. The van der Waals surface area contributed by atoms with Crippen molar-refractivity contribution in [1.29, 1.82) is 0 Å². The van der Waals surface area contributed by atoms with Crippen molar-refractivity contribution in [3.05, 3.63) is 99.1 Å². The normalized spacial score (nSPS) is 13.6. The van der Waals surface area contributed by atoms with Gasteiger partial charge < -0.3 is 9.84 Å². The number of carbonyl (C=O) groups excluding carboxylic acids is 2. The summed E-state index contributed by atoms with van der Waals surface area (Å²) in [7, 11) is 0. The summed E-state index contributed by atoms with van der Waals surface area (Å²) < 4.78 is 60.4. The van der Waals surface area contributed by atoms with Crippen LogP contribution in [0.1, 0.15) is 43.1 Å². The maximum absolute atomic E-state index is 14.0. The number of carbonyl (C=O) groups is 2. The zero-order valence-corrected chi connectivity index (χ0v) is 18.4. The molecular formula is C24H15ClF4N2O4. The Bertz CT molecular complexity index is 1320. The summed E-state index contributed by atoms with van der Waals surface area (Å²) in [4.78, 5) is 29.5. The molecule has 3 aromatic rings. The van der Waals surface area contributed by atoms with Crippen LogP contribution in [0.4, 0.5) is 17.6 Å². The van der Waals surface area contributed by atoms with Crippen molar-refractivity contribution in [3.63, 3.8) is 0 Å². The number of hydrogen-bond acceptors (Lipinski definition) is 5. The lowest BCUT2D eigenvalue weighted by Crippen LogP contribution is -2.23. The fourth-order valence-electron chi connectivity index (χ4n) is 3.41. The van der Waals surface area contributed by atoms with Gasteiger partial charge in [-0.1, -0.05) is 29.8 Å². The van der Waals surface area contributed by atoms with Gasteiger partial charge in [-0.2, -0.15) is 13.2 Å². The molecule has 0 spiro atoms. The van der Waals surface area contributed by atoms with E-state index in [1.165, 1.54) is 24.3 Å². The molecule has 2 aromatic carbocycles. The van der Waals surface area contributed by atoms with E-state index in [4.69, 9.17) is 16.3 Å². The zero-order chi connectivity index (χ0) is 25.3. The number of aliphatic hydroxyl groups excluding tert-OH is 1. The number of amides is 2. The maximum Gasteiger partial charge on any atom is 0.421 e. The van der Waals surface area contributed by atoms with Crippen molar-refractivity contribution in [1.82, 2.24) is 9.88 Å². The highest BCUT2D eigenvalue weighted by Gasteiger charge is 2.37. The van der Waals surface area contributed by atoms with Crippen molar-refractivity contribution in [3.8, 4) is 5.88 Å². The van der Waals surface area contributed by atoms with Crippen LogP contribution in [0.15, 0.2) is 54.7 Å². The fraction of sp³-hybridized carbons (Fsp3) is 0.125. The Kier molecular flexibility index (Phi) is 6.60. The number of nitrogens with zero attached hydrogens (tertiary/aromatic N) is 2. The summed E-state index contributed by atoms with van der Waals surface area (Å²) in [5, 5.41) is 9.79. The first-order chi connectivity index (χ1) is 16.6. The molecule has 0 atom stereocenters. The number of fused-ring (bicyclic) bond motifs is 1. The topological polar surface area (TPSA) is 79.7 Å². The van der Waals surface area contributed by atoms with E-state index in [0.29, 0.717) is 6.07 Å². The molecule has 1 aliphatic heterocycles. The predicted molar refractivity (Wildman–Crippen MR) is 117 cm³/mol. The van der Waals surface area contributed by atoms with Crippen LogP contribution < -0.4 is 4.74 Å². The van der Waals surface area contributed by atoms with Crippen LogP contribution in [0.2, 0.25) is 5.02 Å². The average Bonchev–Trinajstić information content (AvgIpc) is 3.06. The highest BCUT2D eigenvalue weighted by molar-refractivity contribution is 6.30. The SMILES string of the molecule is O=C1c2ccccc2C(=O)N1/C=C/c1cc(C(F)(F)F)c(OCc2ccc(Cl)cc2F)nc1CO. The van der Waals surface area contributed by atoms with Gasteiger partial charge in [0, 0.05) is 22.3 Å². The summed E-state index contributed by atoms with van der Waals surface area (Å²) in [5.41, 5.74) is -1.41. The van der Waals surface area contributed by atoms with Gasteiger partial charge in [0.1, 0.15) is 18.0 Å². The lowest BCUT2D eigenvalue weighted by Gasteiger charge is -2.16. The number of rotatable bonds is 6. The number of aliphatic hydroxyl groups is 1. The van der Waals surface area contributed by atoms with Crippen LogP contribution in [0.25, 0.3) is 6.08 Å². The number of aromatic nitrogens is 1. The van der Waals surface area contributed by atoms with Gasteiger partial charge >= 0.3 is 6.18 Å². The fourth-order valence-corrected chi connectivity index (χ4v) is 3.57. The minimum absolute atomic E-state index is 0.0514. The predicted octanol–water partition coefficient (Wildman–Crippen LogP) is 5.23. The molecule has 1 aromatic heterocycles. The second-order valence-corrected chi connectivity index (χ2v) is 7.84. The second-order valence-electron chi connectivity index (χ2n) is 7.40. The Hall–Kier alpha value is -3.76. The van der Waals surface area contributed by atoms with Gasteiger partial charge in [0.05, 0.1) is 23.4 Å². The van der Waals surface area contributed by atoms with Crippen LogP contribution in [0, 0.1) is 5.82 Å². The quantitative estimate of drug-likeness (QED) is 0.366. The van der Waals surface area contributed by atoms with E-state index in [9.17, 15) is 32.3 Å². The van der Waals surface area contributed by atoms with Gasteiger partial charge in [0.25, 0.3) is 11.8 Å². The van der Waals surface area contributed by atoms with Crippen LogP contribution >= 0.6 is 11.6 Å². The minimum Gasteiger partial charge on any atom is -0.472 e. The molecule has 0 aliphatic carbocycles. The molecule has 0 radical (unpaired) electrons. The minimum atomic E-state index is -4.91. The first kappa shape index (κ1) is 24.4. The summed E-state index contributed by atoms with van der Waals surface area (Å²) in [5.74, 6) is -2.91. The lowest BCUT2D eigenvalue weighted by molar-refractivity contribution is -0.139. The number of imide groups is 1. The molecule has 0 bridgehead atoms. The summed E-state index contributed by atoms with van der Waals surface area (Å²) in [6.45, 7) is -1.35.